The quantitative estimate of drug-likeness (QED) is 0.504. The number of rotatable bonds is 4. The lowest BCUT2D eigenvalue weighted by Crippen LogP contribution is -2.00. The molecule has 0 saturated heterocycles. The van der Waals surface area contributed by atoms with Crippen molar-refractivity contribution in [1.82, 2.24) is 9.55 Å². The number of benzene rings is 2. The van der Waals surface area contributed by atoms with Crippen LogP contribution in [0.4, 0.5) is 0 Å². The number of nitrogens with zero attached hydrogens (tertiary/aromatic N) is 2. The maximum absolute atomic E-state index is 12.1. The van der Waals surface area contributed by atoms with Crippen LogP contribution in [0.2, 0.25) is 0 Å². The molecule has 0 fully saturated rings. The summed E-state index contributed by atoms with van der Waals surface area (Å²) >= 11 is 0. The van der Waals surface area contributed by atoms with Crippen molar-refractivity contribution >= 4 is 16.7 Å². The highest BCUT2D eigenvalue weighted by Gasteiger charge is 2.14. The van der Waals surface area contributed by atoms with Crippen LogP contribution >= 0.6 is 0 Å². The maximum atomic E-state index is 12.1. The second-order valence-corrected chi connectivity index (χ2v) is 6.15. The second-order valence-electron chi connectivity index (χ2n) is 6.15. The van der Waals surface area contributed by atoms with E-state index in [9.17, 15) is 4.79 Å². The van der Waals surface area contributed by atoms with Crippen molar-refractivity contribution in [2.45, 2.75) is 13.3 Å². The number of carbonyl (C=O) groups is 1. The van der Waals surface area contributed by atoms with Crippen LogP contribution in [0.25, 0.3) is 16.6 Å². The number of Topliss-reactive ketones (excluding diaryl/α,β-unsaturated/α-hetero) is 1. The number of fused-ring (bicyclic) bond motifs is 1. The Balaban J connectivity index is 1.89. The van der Waals surface area contributed by atoms with Crippen molar-refractivity contribution in [3.63, 3.8) is 0 Å². The predicted octanol–water partition coefficient (Wildman–Crippen LogP) is 4.82. The van der Waals surface area contributed by atoms with Crippen molar-refractivity contribution in [1.29, 1.82) is 0 Å². The van der Waals surface area contributed by atoms with E-state index in [-0.39, 0.29) is 5.78 Å². The van der Waals surface area contributed by atoms with Crippen LogP contribution in [0, 0.1) is 0 Å². The Morgan fingerprint density at radius 1 is 1.00 bits per heavy atom. The summed E-state index contributed by atoms with van der Waals surface area (Å²) in [7, 11) is 0. The Morgan fingerprint density at radius 2 is 1.80 bits per heavy atom. The van der Waals surface area contributed by atoms with Gasteiger partial charge in [-0.25, -0.2) is 0 Å². The average molecular weight is 326 g/mol. The Morgan fingerprint density at radius 3 is 2.60 bits per heavy atom. The summed E-state index contributed by atoms with van der Waals surface area (Å²) in [6.45, 7) is 1.62. The number of hydrogen-bond acceptors (Lipinski definition) is 2. The topological polar surface area (TPSA) is 34.9 Å². The molecular weight excluding hydrogens is 308 g/mol. The maximum Gasteiger partial charge on any atom is 0.161 e. The van der Waals surface area contributed by atoms with Gasteiger partial charge in [0.25, 0.3) is 0 Å². The SMILES string of the molecule is CC(=O)c1cn(-c2ccccc2Cc2cccnc2)c2ccccc12. The first-order valence-electron chi connectivity index (χ1n) is 8.32. The van der Waals surface area contributed by atoms with Crippen molar-refractivity contribution in [3.05, 3.63) is 95.9 Å². The van der Waals surface area contributed by atoms with Crippen LogP contribution in [-0.2, 0) is 6.42 Å². The Labute approximate surface area is 146 Å². The molecule has 0 atom stereocenters. The first-order valence-corrected chi connectivity index (χ1v) is 8.32. The lowest BCUT2D eigenvalue weighted by atomic mass is 10.0. The summed E-state index contributed by atoms with van der Waals surface area (Å²) in [5.41, 5.74) is 5.26. The second kappa shape index (κ2) is 6.36. The van der Waals surface area contributed by atoms with Gasteiger partial charge in [-0.3, -0.25) is 9.78 Å². The van der Waals surface area contributed by atoms with Gasteiger partial charge < -0.3 is 4.57 Å². The van der Waals surface area contributed by atoms with E-state index < -0.39 is 0 Å². The molecule has 4 rings (SSSR count). The third-order valence-electron chi connectivity index (χ3n) is 4.46. The van der Waals surface area contributed by atoms with Gasteiger partial charge in [0.15, 0.2) is 5.78 Å². The molecule has 0 unspecified atom stereocenters. The third kappa shape index (κ3) is 2.85. The monoisotopic (exact) mass is 326 g/mol. The molecule has 0 aliphatic heterocycles. The molecule has 0 N–H and O–H groups in total. The zero-order valence-electron chi connectivity index (χ0n) is 14.0. The summed E-state index contributed by atoms with van der Waals surface area (Å²) in [5.74, 6) is 0.0830. The van der Waals surface area contributed by atoms with E-state index in [1.807, 2.05) is 48.8 Å². The van der Waals surface area contributed by atoms with Gasteiger partial charge in [-0.1, -0.05) is 42.5 Å². The minimum Gasteiger partial charge on any atom is -0.316 e. The summed E-state index contributed by atoms with van der Waals surface area (Å²) in [5, 5.41) is 0.992. The number of carbonyl (C=O) groups excluding carboxylic acids is 1. The molecule has 4 aromatic rings. The third-order valence-corrected chi connectivity index (χ3v) is 4.46. The van der Waals surface area contributed by atoms with E-state index in [1.165, 1.54) is 11.1 Å². The molecule has 0 spiro atoms. The number of ketones is 1. The fraction of sp³-hybridized carbons (Fsp3) is 0.0909. The molecule has 2 aromatic carbocycles. The summed E-state index contributed by atoms with van der Waals surface area (Å²) < 4.78 is 2.12. The molecule has 0 bridgehead atoms. The van der Waals surface area contributed by atoms with Crippen LogP contribution in [0.5, 0.6) is 0 Å². The zero-order valence-corrected chi connectivity index (χ0v) is 14.0. The molecular formula is C22H18N2O. The van der Waals surface area contributed by atoms with E-state index in [0.29, 0.717) is 0 Å². The van der Waals surface area contributed by atoms with Gasteiger partial charge in [-0.05, 0) is 36.2 Å². The van der Waals surface area contributed by atoms with Crippen molar-refractivity contribution in [3.8, 4) is 5.69 Å². The van der Waals surface area contributed by atoms with Crippen LogP contribution in [0.1, 0.15) is 28.4 Å². The minimum absolute atomic E-state index is 0.0830. The van der Waals surface area contributed by atoms with Gasteiger partial charge in [0.2, 0.25) is 0 Å². The van der Waals surface area contributed by atoms with E-state index in [1.54, 1.807) is 13.1 Å². The van der Waals surface area contributed by atoms with Gasteiger partial charge in [0.1, 0.15) is 0 Å². The number of aromatic nitrogens is 2. The summed E-state index contributed by atoms with van der Waals surface area (Å²) in [6.07, 6.45) is 6.43. The molecule has 25 heavy (non-hydrogen) atoms. The summed E-state index contributed by atoms with van der Waals surface area (Å²) in [6, 6.07) is 20.4. The first kappa shape index (κ1) is 15.3. The highest BCUT2D eigenvalue weighted by Crippen LogP contribution is 2.27. The molecule has 0 radical (unpaired) electrons. The van der Waals surface area contributed by atoms with Crippen molar-refractivity contribution < 1.29 is 4.79 Å². The Kier molecular flexibility index (Phi) is 3.90. The van der Waals surface area contributed by atoms with E-state index in [0.717, 1.165) is 28.6 Å². The fourth-order valence-electron chi connectivity index (χ4n) is 3.28. The highest BCUT2D eigenvalue weighted by atomic mass is 16.1. The molecule has 2 heterocycles. The van der Waals surface area contributed by atoms with Gasteiger partial charge in [0.05, 0.1) is 5.52 Å². The predicted molar refractivity (Wildman–Crippen MR) is 100 cm³/mol. The molecule has 0 saturated carbocycles. The normalized spacial score (nSPS) is 10.9. The molecule has 3 heteroatoms. The zero-order chi connectivity index (χ0) is 17.2. The first-order chi connectivity index (χ1) is 12.2. The lowest BCUT2D eigenvalue weighted by Gasteiger charge is -2.12. The van der Waals surface area contributed by atoms with Gasteiger partial charge in [-0.15, -0.1) is 0 Å². The van der Waals surface area contributed by atoms with Crippen LogP contribution < -0.4 is 0 Å². The number of para-hydroxylation sites is 2. The lowest BCUT2D eigenvalue weighted by molar-refractivity contribution is 0.101. The molecule has 3 nitrogen and oxygen atoms in total. The van der Waals surface area contributed by atoms with Gasteiger partial charge >= 0.3 is 0 Å². The molecule has 122 valence electrons. The average Bonchev–Trinajstić information content (AvgIpc) is 3.03. The highest BCUT2D eigenvalue weighted by molar-refractivity contribution is 6.07. The molecule has 0 aliphatic rings. The smallest absolute Gasteiger partial charge is 0.161 e. The standard InChI is InChI=1S/C22H18N2O/c1-16(25)20-15-24(22-11-5-3-9-19(20)22)21-10-4-2-8-18(21)13-17-7-6-12-23-14-17/h2-12,14-15H,13H2,1H3. The van der Waals surface area contributed by atoms with Crippen LogP contribution in [-0.4, -0.2) is 15.3 Å². The Hall–Kier alpha value is -3.20. The van der Waals surface area contributed by atoms with E-state index >= 15 is 0 Å². The van der Waals surface area contributed by atoms with Gasteiger partial charge in [-0.2, -0.15) is 0 Å². The van der Waals surface area contributed by atoms with Crippen molar-refractivity contribution in [2.24, 2.45) is 0 Å². The van der Waals surface area contributed by atoms with Gasteiger partial charge in [0, 0.05) is 41.6 Å². The van der Waals surface area contributed by atoms with Crippen LogP contribution in [0.15, 0.2) is 79.3 Å². The van der Waals surface area contributed by atoms with E-state index in [4.69, 9.17) is 0 Å². The number of pyridine rings is 1. The van der Waals surface area contributed by atoms with E-state index in [2.05, 4.69) is 33.8 Å². The number of hydrogen-bond donors (Lipinski definition) is 0. The van der Waals surface area contributed by atoms with Crippen molar-refractivity contribution in [2.75, 3.05) is 0 Å². The van der Waals surface area contributed by atoms with Crippen LogP contribution in [0.3, 0.4) is 0 Å². The molecule has 2 aromatic heterocycles. The Bertz CT molecular complexity index is 1050. The minimum atomic E-state index is 0.0830. The largest absolute Gasteiger partial charge is 0.316 e. The molecule has 0 amide bonds. The fourth-order valence-corrected chi connectivity index (χ4v) is 3.28. The summed E-state index contributed by atoms with van der Waals surface area (Å²) in [4.78, 5) is 16.3. The molecule has 0 aliphatic carbocycles.